The smallest absolute Gasteiger partial charge is 0.252 e. The van der Waals surface area contributed by atoms with E-state index in [1.807, 2.05) is 54.6 Å². The first-order valence-electron chi connectivity index (χ1n) is 8.31. The van der Waals surface area contributed by atoms with Gasteiger partial charge in [-0.05, 0) is 23.1 Å². The van der Waals surface area contributed by atoms with Gasteiger partial charge in [0.1, 0.15) is 0 Å². The summed E-state index contributed by atoms with van der Waals surface area (Å²) in [6.45, 7) is 0.231. The van der Waals surface area contributed by atoms with E-state index in [0.29, 0.717) is 12.2 Å². The molecule has 0 spiro atoms. The summed E-state index contributed by atoms with van der Waals surface area (Å²) in [7, 11) is 1.58. The lowest BCUT2D eigenvalue weighted by atomic mass is 10.1. The van der Waals surface area contributed by atoms with Crippen LogP contribution in [0.1, 0.15) is 15.9 Å². The van der Waals surface area contributed by atoms with Crippen molar-refractivity contribution in [2.45, 2.75) is 6.61 Å². The Bertz CT molecular complexity index is 932. The average molecular weight is 348 g/mol. The molecule has 5 nitrogen and oxygen atoms in total. The van der Waals surface area contributed by atoms with Crippen molar-refractivity contribution in [1.82, 2.24) is 5.32 Å². The van der Waals surface area contributed by atoms with Gasteiger partial charge in [0.15, 0.2) is 0 Å². The summed E-state index contributed by atoms with van der Waals surface area (Å²) in [4.78, 5) is 24.6. The fourth-order valence-corrected chi connectivity index (χ4v) is 2.81. The molecule has 5 heteroatoms. The van der Waals surface area contributed by atoms with Crippen molar-refractivity contribution in [3.05, 3.63) is 77.9 Å². The Morgan fingerprint density at radius 2 is 1.65 bits per heavy atom. The van der Waals surface area contributed by atoms with Gasteiger partial charge in [0.25, 0.3) is 5.91 Å². The number of ether oxygens (including phenoxy) is 1. The van der Waals surface area contributed by atoms with Gasteiger partial charge in [0.05, 0.1) is 13.2 Å². The molecule has 0 bridgehead atoms. The van der Waals surface area contributed by atoms with Gasteiger partial charge in [-0.1, -0.05) is 54.6 Å². The molecular weight excluding hydrogens is 328 g/mol. The number of rotatable bonds is 6. The molecule has 3 aromatic carbocycles. The van der Waals surface area contributed by atoms with E-state index in [-0.39, 0.29) is 18.4 Å². The molecule has 0 fully saturated rings. The summed E-state index contributed by atoms with van der Waals surface area (Å²) in [6, 6.07) is 20.7. The number of hydrogen-bond donors (Lipinski definition) is 2. The van der Waals surface area contributed by atoms with Crippen molar-refractivity contribution < 1.29 is 14.3 Å². The van der Waals surface area contributed by atoms with Gasteiger partial charge in [0, 0.05) is 23.7 Å². The van der Waals surface area contributed by atoms with Crippen LogP contribution in [0.3, 0.4) is 0 Å². The lowest BCUT2D eigenvalue weighted by Gasteiger charge is -2.11. The number of fused-ring (bicyclic) bond motifs is 1. The summed E-state index contributed by atoms with van der Waals surface area (Å²) in [5.74, 6) is -0.579. The minimum atomic E-state index is -0.300. The molecule has 0 unspecified atom stereocenters. The maximum atomic E-state index is 12.4. The highest BCUT2D eigenvalue weighted by Gasteiger charge is 2.12. The van der Waals surface area contributed by atoms with Crippen LogP contribution in [0.4, 0.5) is 5.69 Å². The predicted molar refractivity (Wildman–Crippen MR) is 102 cm³/mol. The molecule has 0 heterocycles. The van der Waals surface area contributed by atoms with Crippen LogP contribution in [0.5, 0.6) is 0 Å². The topological polar surface area (TPSA) is 67.4 Å². The summed E-state index contributed by atoms with van der Waals surface area (Å²) in [5, 5.41) is 7.52. The van der Waals surface area contributed by atoms with E-state index in [1.165, 1.54) is 0 Å². The number of benzene rings is 3. The van der Waals surface area contributed by atoms with Crippen molar-refractivity contribution in [2.24, 2.45) is 0 Å². The molecule has 0 saturated carbocycles. The molecule has 0 saturated heterocycles. The molecule has 2 amide bonds. The SMILES string of the molecule is COCc1ccccc1C(=O)NCC(=O)Nc1cccc2ccccc12. The summed E-state index contributed by atoms with van der Waals surface area (Å²) in [5.41, 5.74) is 2.01. The normalized spacial score (nSPS) is 10.5. The maximum Gasteiger partial charge on any atom is 0.252 e. The molecule has 2 N–H and O–H groups in total. The van der Waals surface area contributed by atoms with Crippen LogP contribution in [0.25, 0.3) is 10.8 Å². The molecule has 0 aromatic heterocycles. The van der Waals surface area contributed by atoms with Crippen molar-refractivity contribution in [3.8, 4) is 0 Å². The molecular formula is C21H20N2O3. The first kappa shape index (κ1) is 17.6. The van der Waals surface area contributed by atoms with Crippen LogP contribution >= 0.6 is 0 Å². The quantitative estimate of drug-likeness (QED) is 0.718. The van der Waals surface area contributed by atoms with E-state index < -0.39 is 0 Å². The first-order valence-corrected chi connectivity index (χ1v) is 8.31. The number of hydrogen-bond acceptors (Lipinski definition) is 3. The van der Waals surface area contributed by atoms with Crippen LogP contribution in [0.2, 0.25) is 0 Å². The highest BCUT2D eigenvalue weighted by Crippen LogP contribution is 2.22. The molecule has 3 rings (SSSR count). The fourth-order valence-electron chi connectivity index (χ4n) is 2.81. The number of nitrogens with one attached hydrogen (secondary N) is 2. The van der Waals surface area contributed by atoms with Crippen LogP contribution in [0.15, 0.2) is 66.7 Å². The maximum absolute atomic E-state index is 12.4. The van der Waals surface area contributed by atoms with E-state index in [0.717, 1.165) is 22.0 Å². The van der Waals surface area contributed by atoms with Gasteiger partial charge in [-0.2, -0.15) is 0 Å². The Balaban J connectivity index is 1.65. The summed E-state index contributed by atoms with van der Waals surface area (Å²) in [6.07, 6.45) is 0. The van der Waals surface area contributed by atoms with Crippen molar-refractivity contribution in [3.63, 3.8) is 0 Å². The van der Waals surface area contributed by atoms with E-state index >= 15 is 0 Å². The summed E-state index contributed by atoms with van der Waals surface area (Å²) < 4.78 is 5.10. The third kappa shape index (κ3) is 4.07. The van der Waals surface area contributed by atoms with Crippen molar-refractivity contribution in [2.75, 3.05) is 19.0 Å². The number of anilines is 1. The minimum Gasteiger partial charge on any atom is -0.380 e. The molecule has 0 radical (unpaired) electrons. The van der Waals surface area contributed by atoms with Crippen molar-refractivity contribution >= 4 is 28.3 Å². The Labute approximate surface area is 152 Å². The van der Waals surface area contributed by atoms with Gasteiger partial charge >= 0.3 is 0 Å². The average Bonchev–Trinajstić information content (AvgIpc) is 2.67. The molecule has 0 aliphatic heterocycles. The molecule has 0 atom stereocenters. The Morgan fingerprint density at radius 3 is 2.50 bits per heavy atom. The molecule has 26 heavy (non-hydrogen) atoms. The molecule has 0 aliphatic rings. The lowest BCUT2D eigenvalue weighted by Crippen LogP contribution is -2.33. The highest BCUT2D eigenvalue weighted by molar-refractivity contribution is 6.04. The van der Waals surface area contributed by atoms with E-state index in [9.17, 15) is 9.59 Å². The Hall–Kier alpha value is -3.18. The monoisotopic (exact) mass is 348 g/mol. The van der Waals surface area contributed by atoms with Gasteiger partial charge in [0.2, 0.25) is 5.91 Å². The van der Waals surface area contributed by atoms with E-state index in [4.69, 9.17) is 4.74 Å². The fraction of sp³-hybridized carbons (Fsp3) is 0.143. The predicted octanol–water partition coefficient (Wildman–Crippen LogP) is 3.35. The lowest BCUT2D eigenvalue weighted by molar-refractivity contribution is -0.115. The zero-order chi connectivity index (χ0) is 18.4. The van der Waals surface area contributed by atoms with Gasteiger partial charge in [-0.3, -0.25) is 9.59 Å². The second kappa shape index (κ2) is 8.27. The number of amides is 2. The first-order chi connectivity index (χ1) is 12.7. The van der Waals surface area contributed by atoms with Crippen molar-refractivity contribution in [1.29, 1.82) is 0 Å². The highest BCUT2D eigenvalue weighted by atomic mass is 16.5. The number of carbonyl (C=O) groups is 2. The largest absolute Gasteiger partial charge is 0.380 e. The molecule has 132 valence electrons. The van der Waals surface area contributed by atoms with Crippen LogP contribution < -0.4 is 10.6 Å². The zero-order valence-electron chi connectivity index (χ0n) is 14.5. The third-order valence-electron chi connectivity index (χ3n) is 4.04. The zero-order valence-corrected chi connectivity index (χ0v) is 14.5. The van der Waals surface area contributed by atoms with Crippen LogP contribution in [-0.2, 0) is 16.1 Å². The summed E-state index contributed by atoms with van der Waals surface area (Å²) >= 11 is 0. The second-order valence-corrected chi connectivity index (χ2v) is 5.85. The minimum absolute atomic E-state index is 0.108. The standard InChI is InChI=1S/C21H20N2O3/c1-26-14-16-8-3-5-11-18(16)21(25)22-13-20(24)23-19-12-6-9-15-7-2-4-10-17(15)19/h2-12H,13-14H2,1H3,(H,22,25)(H,23,24). The number of carbonyl (C=O) groups excluding carboxylic acids is 2. The van der Waals surface area contributed by atoms with Gasteiger partial charge in [-0.25, -0.2) is 0 Å². The van der Waals surface area contributed by atoms with Gasteiger partial charge < -0.3 is 15.4 Å². The van der Waals surface area contributed by atoms with E-state index in [2.05, 4.69) is 10.6 Å². The van der Waals surface area contributed by atoms with Gasteiger partial charge in [-0.15, -0.1) is 0 Å². The molecule has 3 aromatic rings. The second-order valence-electron chi connectivity index (χ2n) is 5.85. The number of methoxy groups -OCH3 is 1. The van der Waals surface area contributed by atoms with E-state index in [1.54, 1.807) is 19.2 Å². The molecule has 0 aliphatic carbocycles. The van der Waals surface area contributed by atoms with Crippen LogP contribution in [-0.4, -0.2) is 25.5 Å². The van der Waals surface area contributed by atoms with Crippen LogP contribution in [0, 0.1) is 0 Å². The Kier molecular flexibility index (Phi) is 5.61. The Morgan fingerprint density at radius 1 is 0.923 bits per heavy atom. The third-order valence-corrected chi connectivity index (χ3v) is 4.04.